The maximum absolute atomic E-state index is 9.87. The van der Waals surface area contributed by atoms with Gasteiger partial charge < -0.3 is 24.9 Å². The van der Waals surface area contributed by atoms with Crippen LogP contribution in [0.4, 0.5) is 11.5 Å². The summed E-state index contributed by atoms with van der Waals surface area (Å²) in [5.74, 6) is 1.96. The fourth-order valence-electron chi connectivity index (χ4n) is 3.04. The number of nitrogens with zero attached hydrogens (tertiary/aromatic N) is 3. The zero-order chi connectivity index (χ0) is 19.7. The molecule has 0 aliphatic rings. The molecule has 140 valence electrons. The quantitative estimate of drug-likeness (QED) is 0.491. The fraction of sp³-hybridized carbons (Fsp3) is 0.100. The molecule has 8 heteroatoms. The molecule has 0 amide bonds. The lowest BCUT2D eigenvalue weighted by Crippen LogP contribution is -1.99. The highest BCUT2D eigenvalue weighted by atomic mass is 16.5. The number of ether oxygens (including phenoxy) is 2. The van der Waals surface area contributed by atoms with Crippen LogP contribution in [0, 0.1) is 11.3 Å². The van der Waals surface area contributed by atoms with Gasteiger partial charge in [-0.1, -0.05) is 12.1 Å². The van der Waals surface area contributed by atoms with Crippen LogP contribution in [0.3, 0.4) is 0 Å². The van der Waals surface area contributed by atoms with Crippen molar-refractivity contribution in [2.45, 2.75) is 0 Å². The number of hydrogen-bond acceptors (Lipinski definition) is 6. The van der Waals surface area contributed by atoms with Gasteiger partial charge in [-0.25, -0.2) is 0 Å². The number of nitrogens with one attached hydrogen (secondary N) is 2. The maximum atomic E-state index is 9.87. The van der Waals surface area contributed by atoms with E-state index in [0.717, 1.165) is 11.3 Å². The Hall–Kier alpha value is -4.12. The van der Waals surface area contributed by atoms with Gasteiger partial charge in [0.1, 0.15) is 17.4 Å². The third-order valence-corrected chi connectivity index (χ3v) is 4.36. The van der Waals surface area contributed by atoms with Crippen molar-refractivity contribution in [3.05, 3.63) is 54.2 Å². The average molecular weight is 375 g/mol. The molecule has 0 bridgehead atoms. The van der Waals surface area contributed by atoms with Gasteiger partial charge in [-0.05, 0) is 24.3 Å². The number of hydrogen-bond donors (Lipinski definition) is 3. The zero-order valence-electron chi connectivity index (χ0n) is 15.2. The molecule has 0 aliphatic heterocycles. The van der Waals surface area contributed by atoms with Crippen LogP contribution in [0.2, 0.25) is 0 Å². The number of H-pyrrole nitrogens is 1. The topological polar surface area (TPSA) is 108 Å². The molecule has 0 saturated heterocycles. The van der Waals surface area contributed by atoms with Crippen molar-refractivity contribution in [2.24, 2.45) is 0 Å². The SMILES string of the molecule is COc1ccc(Nc2c(-c3cccc(O)c3)[nH]c3c(C#N)cnn23)cc1OC. The largest absolute Gasteiger partial charge is 0.508 e. The van der Waals surface area contributed by atoms with E-state index < -0.39 is 0 Å². The smallest absolute Gasteiger partial charge is 0.162 e. The first kappa shape index (κ1) is 17.3. The van der Waals surface area contributed by atoms with Crippen molar-refractivity contribution in [1.82, 2.24) is 14.6 Å². The molecule has 2 aromatic carbocycles. The Bertz CT molecular complexity index is 1200. The van der Waals surface area contributed by atoms with Crippen LogP contribution in [-0.4, -0.2) is 33.9 Å². The summed E-state index contributed by atoms with van der Waals surface area (Å²) < 4.78 is 12.3. The van der Waals surface area contributed by atoms with Crippen LogP contribution < -0.4 is 14.8 Å². The first-order valence-electron chi connectivity index (χ1n) is 8.43. The third kappa shape index (κ3) is 2.85. The third-order valence-electron chi connectivity index (χ3n) is 4.36. The normalized spacial score (nSPS) is 10.6. The number of rotatable bonds is 5. The molecular formula is C20H17N5O3. The van der Waals surface area contributed by atoms with E-state index in [2.05, 4.69) is 21.5 Å². The van der Waals surface area contributed by atoms with Crippen LogP contribution in [0.25, 0.3) is 16.9 Å². The van der Waals surface area contributed by atoms with E-state index in [0.29, 0.717) is 34.2 Å². The van der Waals surface area contributed by atoms with Crippen molar-refractivity contribution >= 4 is 17.2 Å². The molecule has 0 atom stereocenters. The van der Waals surface area contributed by atoms with Gasteiger partial charge in [0.25, 0.3) is 0 Å². The minimum atomic E-state index is 0.141. The first-order chi connectivity index (χ1) is 13.6. The lowest BCUT2D eigenvalue weighted by Gasteiger charge is -2.12. The number of methoxy groups -OCH3 is 2. The molecule has 4 rings (SSSR count). The van der Waals surface area contributed by atoms with E-state index in [1.165, 1.54) is 6.20 Å². The Kier molecular flexibility index (Phi) is 4.26. The Morgan fingerprint density at radius 2 is 1.96 bits per heavy atom. The highest BCUT2D eigenvalue weighted by molar-refractivity contribution is 5.81. The van der Waals surface area contributed by atoms with Crippen molar-refractivity contribution in [3.8, 4) is 34.6 Å². The zero-order valence-corrected chi connectivity index (χ0v) is 15.2. The summed E-state index contributed by atoms with van der Waals surface area (Å²) in [6.45, 7) is 0. The minimum Gasteiger partial charge on any atom is -0.508 e. The lowest BCUT2D eigenvalue weighted by atomic mass is 10.1. The fourth-order valence-corrected chi connectivity index (χ4v) is 3.04. The van der Waals surface area contributed by atoms with Crippen LogP contribution in [-0.2, 0) is 0 Å². The molecule has 4 aromatic rings. The number of phenolic OH excluding ortho intramolecular Hbond substituents is 1. The van der Waals surface area contributed by atoms with Crippen LogP contribution in [0.15, 0.2) is 48.7 Å². The standard InChI is InChI=1S/C20H17N5O3/c1-27-16-7-6-14(9-17(16)28-2)23-20-18(12-4-3-5-15(26)8-12)24-19-13(10-21)11-22-25(19)20/h3-9,11,23-24,26H,1-2H3. The van der Waals surface area contributed by atoms with E-state index in [9.17, 15) is 10.4 Å². The van der Waals surface area contributed by atoms with Gasteiger partial charge in [0.05, 0.1) is 26.1 Å². The number of aromatic amines is 1. The molecule has 2 aromatic heterocycles. The molecule has 0 unspecified atom stereocenters. The Labute approximate surface area is 160 Å². The van der Waals surface area contributed by atoms with Crippen molar-refractivity contribution in [1.29, 1.82) is 5.26 Å². The number of anilines is 2. The molecule has 0 saturated carbocycles. The van der Waals surface area contributed by atoms with E-state index in [1.54, 1.807) is 49.1 Å². The summed E-state index contributed by atoms with van der Waals surface area (Å²) in [6.07, 6.45) is 1.50. The summed E-state index contributed by atoms with van der Waals surface area (Å²) in [4.78, 5) is 3.23. The number of aromatic hydroxyl groups is 1. The summed E-state index contributed by atoms with van der Waals surface area (Å²) in [6, 6.07) is 14.4. The van der Waals surface area contributed by atoms with Crippen LogP contribution in [0.1, 0.15) is 5.56 Å². The molecule has 0 spiro atoms. The van der Waals surface area contributed by atoms with E-state index >= 15 is 0 Å². The number of imidazole rings is 1. The number of benzene rings is 2. The predicted octanol–water partition coefficient (Wildman–Crippen LogP) is 3.67. The van der Waals surface area contributed by atoms with Crippen molar-refractivity contribution in [3.63, 3.8) is 0 Å². The summed E-state index contributed by atoms with van der Waals surface area (Å²) in [5, 5.41) is 26.8. The van der Waals surface area contributed by atoms with Gasteiger partial charge in [0, 0.05) is 17.3 Å². The van der Waals surface area contributed by atoms with Gasteiger partial charge >= 0.3 is 0 Å². The molecular weight excluding hydrogens is 358 g/mol. The average Bonchev–Trinajstić information content (AvgIpc) is 3.27. The molecule has 28 heavy (non-hydrogen) atoms. The molecule has 2 heterocycles. The highest BCUT2D eigenvalue weighted by Crippen LogP contribution is 2.35. The number of phenols is 1. The van der Waals surface area contributed by atoms with Crippen molar-refractivity contribution in [2.75, 3.05) is 19.5 Å². The predicted molar refractivity (Wildman–Crippen MR) is 104 cm³/mol. The Morgan fingerprint density at radius 1 is 1.14 bits per heavy atom. The Morgan fingerprint density at radius 3 is 2.68 bits per heavy atom. The van der Waals surface area contributed by atoms with Crippen LogP contribution >= 0.6 is 0 Å². The van der Waals surface area contributed by atoms with Gasteiger partial charge in [-0.2, -0.15) is 14.9 Å². The second-order valence-corrected chi connectivity index (χ2v) is 6.02. The second kappa shape index (κ2) is 6.89. The molecule has 0 fully saturated rings. The van der Waals surface area contributed by atoms with Gasteiger partial charge in [-0.3, -0.25) is 0 Å². The molecule has 0 radical (unpaired) electrons. The molecule has 3 N–H and O–H groups in total. The molecule has 0 aliphatic carbocycles. The highest BCUT2D eigenvalue weighted by Gasteiger charge is 2.18. The summed E-state index contributed by atoms with van der Waals surface area (Å²) >= 11 is 0. The number of fused-ring (bicyclic) bond motifs is 1. The minimum absolute atomic E-state index is 0.141. The van der Waals surface area contributed by atoms with Gasteiger partial charge in [0.2, 0.25) is 0 Å². The summed E-state index contributed by atoms with van der Waals surface area (Å²) in [7, 11) is 3.15. The second-order valence-electron chi connectivity index (χ2n) is 6.02. The first-order valence-corrected chi connectivity index (χ1v) is 8.43. The van der Waals surface area contributed by atoms with E-state index in [4.69, 9.17) is 9.47 Å². The van der Waals surface area contributed by atoms with Gasteiger partial charge in [-0.15, -0.1) is 0 Å². The van der Waals surface area contributed by atoms with Crippen molar-refractivity contribution < 1.29 is 14.6 Å². The lowest BCUT2D eigenvalue weighted by molar-refractivity contribution is 0.355. The summed E-state index contributed by atoms with van der Waals surface area (Å²) in [5.41, 5.74) is 3.15. The van der Waals surface area contributed by atoms with Gasteiger partial charge in [0.15, 0.2) is 23.0 Å². The Balaban J connectivity index is 1.87. The molecule has 8 nitrogen and oxygen atoms in total. The monoisotopic (exact) mass is 375 g/mol. The maximum Gasteiger partial charge on any atom is 0.162 e. The number of aromatic nitrogens is 3. The van der Waals surface area contributed by atoms with Crippen LogP contribution in [0.5, 0.6) is 17.2 Å². The van der Waals surface area contributed by atoms with E-state index in [-0.39, 0.29) is 5.75 Å². The van der Waals surface area contributed by atoms with E-state index in [1.807, 2.05) is 12.1 Å². The number of nitriles is 1.